The molecule has 1 saturated heterocycles. The zero-order chi connectivity index (χ0) is 19.9. The maximum absolute atomic E-state index is 12.5. The Kier molecular flexibility index (Phi) is 7.31. The average Bonchev–Trinajstić information content (AvgIpc) is 3.19. The summed E-state index contributed by atoms with van der Waals surface area (Å²) in [5.74, 6) is -0.419. The fraction of sp³-hybridized carbons (Fsp3) is 0.333. The van der Waals surface area contributed by atoms with Gasteiger partial charge in [-0.25, -0.2) is 0 Å². The third-order valence-corrected chi connectivity index (χ3v) is 5.18. The van der Waals surface area contributed by atoms with Crippen molar-refractivity contribution in [2.24, 2.45) is 0 Å². The van der Waals surface area contributed by atoms with Gasteiger partial charge in [0.1, 0.15) is 0 Å². The van der Waals surface area contributed by atoms with Crippen molar-refractivity contribution in [3.05, 3.63) is 63.6 Å². The number of benzene rings is 2. The van der Waals surface area contributed by atoms with Crippen molar-refractivity contribution < 1.29 is 14.3 Å². The summed E-state index contributed by atoms with van der Waals surface area (Å²) in [6.45, 7) is 1.21. The van der Waals surface area contributed by atoms with E-state index in [-0.39, 0.29) is 24.3 Å². The quantitative estimate of drug-likeness (QED) is 0.693. The van der Waals surface area contributed by atoms with Gasteiger partial charge in [0, 0.05) is 29.6 Å². The minimum absolute atomic E-state index is 0.0647. The zero-order valence-electron chi connectivity index (χ0n) is 15.3. The molecule has 2 aromatic carbocycles. The smallest absolute Gasteiger partial charge is 0.253 e. The van der Waals surface area contributed by atoms with Gasteiger partial charge in [0.05, 0.1) is 17.4 Å². The number of hydrogen-bond acceptors (Lipinski definition) is 3. The number of aryl methyl sites for hydroxylation is 1. The minimum Gasteiger partial charge on any atom is -0.376 e. The molecule has 7 heteroatoms. The van der Waals surface area contributed by atoms with Gasteiger partial charge in [0.25, 0.3) is 5.91 Å². The molecule has 1 aliphatic heterocycles. The Bertz CT molecular complexity index is 851. The van der Waals surface area contributed by atoms with Crippen molar-refractivity contribution in [3.8, 4) is 0 Å². The highest BCUT2D eigenvalue weighted by molar-refractivity contribution is 6.35. The summed E-state index contributed by atoms with van der Waals surface area (Å²) in [5, 5.41) is 6.79. The van der Waals surface area contributed by atoms with E-state index in [0.29, 0.717) is 34.3 Å². The fourth-order valence-corrected chi connectivity index (χ4v) is 3.59. The number of rotatable bonds is 7. The van der Waals surface area contributed by atoms with Crippen LogP contribution in [0.2, 0.25) is 10.0 Å². The molecule has 0 bridgehead atoms. The molecule has 2 amide bonds. The van der Waals surface area contributed by atoms with Gasteiger partial charge in [-0.1, -0.05) is 41.4 Å². The highest BCUT2D eigenvalue weighted by atomic mass is 35.5. The second kappa shape index (κ2) is 9.92. The Morgan fingerprint density at radius 2 is 1.96 bits per heavy atom. The Morgan fingerprint density at radius 1 is 1.14 bits per heavy atom. The number of para-hydroxylation sites is 1. The molecule has 2 aromatic rings. The van der Waals surface area contributed by atoms with Crippen LogP contribution in [0.4, 0.5) is 5.69 Å². The number of carbonyl (C=O) groups is 2. The van der Waals surface area contributed by atoms with Crippen molar-refractivity contribution >= 4 is 40.7 Å². The van der Waals surface area contributed by atoms with Crippen LogP contribution >= 0.6 is 23.2 Å². The molecule has 5 nitrogen and oxygen atoms in total. The maximum atomic E-state index is 12.5. The molecule has 0 unspecified atom stereocenters. The lowest BCUT2D eigenvalue weighted by Gasteiger charge is -2.14. The van der Waals surface area contributed by atoms with Gasteiger partial charge in [0.2, 0.25) is 5.91 Å². The van der Waals surface area contributed by atoms with Crippen LogP contribution in [-0.2, 0) is 16.0 Å². The summed E-state index contributed by atoms with van der Waals surface area (Å²) >= 11 is 12.0. The molecule has 148 valence electrons. The van der Waals surface area contributed by atoms with Crippen LogP contribution in [0.15, 0.2) is 42.5 Å². The lowest BCUT2D eigenvalue weighted by atomic mass is 10.1. The van der Waals surface area contributed by atoms with E-state index in [1.807, 2.05) is 6.07 Å². The Balaban J connectivity index is 1.57. The van der Waals surface area contributed by atoms with E-state index in [1.165, 1.54) is 0 Å². The topological polar surface area (TPSA) is 67.4 Å². The number of hydrogen-bond donors (Lipinski definition) is 2. The van der Waals surface area contributed by atoms with Crippen LogP contribution in [0.5, 0.6) is 0 Å². The van der Waals surface area contributed by atoms with Crippen LogP contribution < -0.4 is 10.6 Å². The van der Waals surface area contributed by atoms with Crippen molar-refractivity contribution in [2.45, 2.75) is 31.8 Å². The fourth-order valence-electron chi connectivity index (χ4n) is 3.08. The van der Waals surface area contributed by atoms with Gasteiger partial charge in [-0.15, -0.1) is 0 Å². The van der Waals surface area contributed by atoms with Crippen LogP contribution in [0, 0.1) is 0 Å². The van der Waals surface area contributed by atoms with E-state index >= 15 is 0 Å². The summed E-state index contributed by atoms with van der Waals surface area (Å²) in [4.78, 5) is 24.9. The van der Waals surface area contributed by atoms with Crippen LogP contribution in [-0.4, -0.2) is 31.1 Å². The van der Waals surface area contributed by atoms with E-state index in [4.69, 9.17) is 27.9 Å². The van der Waals surface area contributed by atoms with Crippen LogP contribution in [0.25, 0.3) is 0 Å². The van der Waals surface area contributed by atoms with Crippen molar-refractivity contribution in [3.63, 3.8) is 0 Å². The van der Waals surface area contributed by atoms with Crippen molar-refractivity contribution in [2.75, 3.05) is 18.5 Å². The number of carbonyl (C=O) groups excluding carboxylic acids is 2. The highest BCUT2D eigenvalue weighted by Gasteiger charge is 2.18. The van der Waals surface area contributed by atoms with E-state index in [1.54, 1.807) is 36.4 Å². The predicted molar refractivity (Wildman–Crippen MR) is 111 cm³/mol. The molecule has 0 spiro atoms. The number of amides is 2. The van der Waals surface area contributed by atoms with Crippen LogP contribution in [0.3, 0.4) is 0 Å². The van der Waals surface area contributed by atoms with Gasteiger partial charge in [0.15, 0.2) is 0 Å². The SMILES string of the molecule is O=C(CCc1ccc(Cl)cc1Cl)Nc1ccccc1C(=O)NC[C@@H]1CCCO1. The molecule has 3 rings (SSSR count). The number of halogens is 2. The Morgan fingerprint density at radius 3 is 2.71 bits per heavy atom. The highest BCUT2D eigenvalue weighted by Crippen LogP contribution is 2.22. The lowest BCUT2D eigenvalue weighted by molar-refractivity contribution is -0.116. The van der Waals surface area contributed by atoms with Gasteiger partial charge in [-0.05, 0) is 49.1 Å². The van der Waals surface area contributed by atoms with Gasteiger partial charge < -0.3 is 15.4 Å². The Hall–Kier alpha value is -2.08. The summed E-state index contributed by atoms with van der Waals surface area (Å²) in [6.07, 6.45) is 2.76. The Labute approximate surface area is 174 Å². The second-order valence-corrected chi connectivity index (χ2v) is 7.52. The molecule has 0 radical (unpaired) electrons. The van der Waals surface area contributed by atoms with Gasteiger partial charge in [-0.3, -0.25) is 9.59 Å². The summed E-state index contributed by atoms with van der Waals surface area (Å²) < 4.78 is 5.52. The molecular weight excluding hydrogens is 399 g/mol. The first-order chi connectivity index (χ1) is 13.5. The van der Waals surface area contributed by atoms with Crippen LogP contribution in [0.1, 0.15) is 35.2 Å². The minimum atomic E-state index is -0.229. The van der Waals surface area contributed by atoms with E-state index < -0.39 is 0 Å². The first-order valence-electron chi connectivity index (χ1n) is 9.25. The molecule has 0 aliphatic carbocycles. The molecule has 0 saturated carbocycles. The molecule has 2 N–H and O–H groups in total. The zero-order valence-corrected chi connectivity index (χ0v) is 16.9. The predicted octanol–water partition coefficient (Wildman–Crippen LogP) is 4.47. The number of ether oxygens (including phenoxy) is 1. The van der Waals surface area contributed by atoms with Gasteiger partial charge >= 0.3 is 0 Å². The van der Waals surface area contributed by atoms with E-state index in [9.17, 15) is 9.59 Å². The monoisotopic (exact) mass is 420 g/mol. The molecule has 28 heavy (non-hydrogen) atoms. The molecular formula is C21H22Cl2N2O3. The summed E-state index contributed by atoms with van der Waals surface area (Å²) in [5.41, 5.74) is 1.77. The second-order valence-electron chi connectivity index (χ2n) is 6.67. The third-order valence-electron chi connectivity index (χ3n) is 4.60. The van der Waals surface area contributed by atoms with E-state index in [2.05, 4.69) is 10.6 Å². The number of anilines is 1. The van der Waals surface area contributed by atoms with Crippen molar-refractivity contribution in [1.29, 1.82) is 0 Å². The van der Waals surface area contributed by atoms with Gasteiger partial charge in [-0.2, -0.15) is 0 Å². The summed E-state index contributed by atoms with van der Waals surface area (Å²) in [6, 6.07) is 12.2. The molecule has 0 aromatic heterocycles. The maximum Gasteiger partial charge on any atom is 0.253 e. The number of nitrogens with one attached hydrogen (secondary N) is 2. The molecule has 1 fully saturated rings. The average molecular weight is 421 g/mol. The molecule has 1 heterocycles. The first-order valence-corrected chi connectivity index (χ1v) is 10.0. The third kappa shape index (κ3) is 5.71. The first kappa shape index (κ1) is 20.6. The molecule has 1 aliphatic rings. The molecule has 1 atom stereocenters. The normalized spacial score (nSPS) is 16.0. The lowest BCUT2D eigenvalue weighted by Crippen LogP contribution is -2.32. The van der Waals surface area contributed by atoms with E-state index in [0.717, 1.165) is 25.0 Å². The summed E-state index contributed by atoms with van der Waals surface area (Å²) in [7, 11) is 0. The van der Waals surface area contributed by atoms with Crippen molar-refractivity contribution in [1.82, 2.24) is 5.32 Å². The largest absolute Gasteiger partial charge is 0.376 e. The standard InChI is InChI=1S/C21H22Cl2N2O3/c22-15-9-7-14(18(23)12-15)8-10-20(26)25-19-6-2-1-5-17(19)21(27)24-13-16-4-3-11-28-16/h1-2,5-7,9,12,16H,3-4,8,10-11,13H2,(H,24,27)(H,25,26)/t16-/m0/s1.